The summed E-state index contributed by atoms with van der Waals surface area (Å²) in [5.41, 5.74) is 0.388. The van der Waals surface area contributed by atoms with Crippen molar-refractivity contribution >= 4 is 0 Å². The summed E-state index contributed by atoms with van der Waals surface area (Å²) in [6.45, 7) is 6.57. The third-order valence-corrected chi connectivity index (χ3v) is 2.29. The maximum absolute atomic E-state index is 9.33. The van der Waals surface area contributed by atoms with Crippen LogP contribution < -0.4 is 0 Å². The molecule has 1 fully saturated rings. The van der Waals surface area contributed by atoms with Gasteiger partial charge in [0.1, 0.15) is 0 Å². The van der Waals surface area contributed by atoms with Crippen LogP contribution in [0.4, 0.5) is 0 Å². The van der Waals surface area contributed by atoms with Crippen molar-refractivity contribution in [1.82, 2.24) is 0 Å². The molecule has 1 aliphatic rings. The van der Waals surface area contributed by atoms with Crippen LogP contribution in [0.3, 0.4) is 0 Å². The van der Waals surface area contributed by atoms with Crippen molar-refractivity contribution in [2.75, 3.05) is 0 Å². The largest absolute Gasteiger partial charge is 0.393 e. The van der Waals surface area contributed by atoms with Crippen molar-refractivity contribution < 1.29 is 5.11 Å². The Bertz CT molecular complexity index is 95.1. The predicted octanol–water partition coefficient (Wildman–Crippen LogP) is 1.80. The van der Waals surface area contributed by atoms with Gasteiger partial charge >= 0.3 is 0 Å². The first-order chi connectivity index (χ1) is 4.01. The molecule has 0 bridgehead atoms. The fourth-order valence-electron chi connectivity index (χ4n) is 1.86. The van der Waals surface area contributed by atoms with Gasteiger partial charge in [0.2, 0.25) is 0 Å². The second kappa shape index (κ2) is 1.98. The van der Waals surface area contributed by atoms with Gasteiger partial charge in [-0.05, 0) is 24.2 Å². The van der Waals surface area contributed by atoms with Crippen molar-refractivity contribution in [2.45, 2.75) is 39.7 Å². The van der Waals surface area contributed by atoms with E-state index in [1.807, 2.05) is 0 Å². The summed E-state index contributed by atoms with van der Waals surface area (Å²) in [6, 6.07) is 0. The summed E-state index contributed by atoms with van der Waals surface area (Å²) in [6.07, 6.45) is 2.11. The Hall–Kier alpha value is -0.0400. The molecular weight excluding hydrogens is 112 g/mol. The molecule has 0 amide bonds. The second-order valence-corrected chi connectivity index (χ2v) is 4.12. The molecule has 1 saturated carbocycles. The highest BCUT2D eigenvalue weighted by atomic mass is 16.3. The van der Waals surface area contributed by atoms with E-state index in [0.717, 1.165) is 6.42 Å². The monoisotopic (exact) mass is 128 g/mol. The highest BCUT2D eigenvalue weighted by Crippen LogP contribution is 2.40. The Balaban J connectivity index is 2.54. The Kier molecular flexibility index (Phi) is 1.55. The molecule has 0 radical (unpaired) electrons. The lowest BCUT2D eigenvalue weighted by Gasteiger charge is -2.14. The molecule has 1 rings (SSSR count). The molecule has 1 heteroatoms. The predicted molar refractivity (Wildman–Crippen MR) is 38.2 cm³/mol. The van der Waals surface area contributed by atoms with E-state index >= 15 is 0 Å². The molecule has 2 atom stereocenters. The maximum atomic E-state index is 9.33. The van der Waals surface area contributed by atoms with E-state index in [-0.39, 0.29) is 6.10 Å². The summed E-state index contributed by atoms with van der Waals surface area (Å²) >= 11 is 0. The molecular formula is C8H16O. The van der Waals surface area contributed by atoms with E-state index < -0.39 is 0 Å². The van der Waals surface area contributed by atoms with Crippen molar-refractivity contribution in [3.05, 3.63) is 0 Å². The molecule has 0 aromatic rings. The van der Waals surface area contributed by atoms with Crippen LogP contribution in [0.1, 0.15) is 33.6 Å². The topological polar surface area (TPSA) is 20.2 Å². The van der Waals surface area contributed by atoms with Crippen molar-refractivity contribution in [3.63, 3.8) is 0 Å². The van der Waals surface area contributed by atoms with Crippen LogP contribution in [-0.2, 0) is 0 Å². The number of hydrogen-bond donors (Lipinski definition) is 1. The quantitative estimate of drug-likeness (QED) is 0.527. The Morgan fingerprint density at radius 1 is 1.33 bits per heavy atom. The van der Waals surface area contributed by atoms with Gasteiger partial charge in [-0.25, -0.2) is 0 Å². The molecule has 0 unspecified atom stereocenters. The van der Waals surface area contributed by atoms with Crippen LogP contribution in [0, 0.1) is 11.3 Å². The molecule has 0 heterocycles. The van der Waals surface area contributed by atoms with Gasteiger partial charge in [0, 0.05) is 0 Å². The average Bonchev–Trinajstić information content (AvgIpc) is 1.79. The minimum absolute atomic E-state index is 0.0417. The minimum atomic E-state index is -0.0417. The Morgan fingerprint density at radius 3 is 2.00 bits per heavy atom. The van der Waals surface area contributed by atoms with Gasteiger partial charge in [-0.3, -0.25) is 0 Å². The summed E-state index contributed by atoms with van der Waals surface area (Å²) in [5, 5.41) is 9.33. The molecule has 0 aliphatic heterocycles. The molecule has 0 aromatic heterocycles. The highest BCUT2D eigenvalue weighted by Gasteiger charge is 2.35. The summed E-state index contributed by atoms with van der Waals surface area (Å²) in [4.78, 5) is 0. The van der Waals surface area contributed by atoms with Crippen molar-refractivity contribution in [2.24, 2.45) is 11.3 Å². The third-order valence-electron chi connectivity index (χ3n) is 2.29. The summed E-state index contributed by atoms with van der Waals surface area (Å²) < 4.78 is 0. The molecule has 0 spiro atoms. The molecule has 1 aliphatic carbocycles. The standard InChI is InChI=1S/C8H16O/c1-6-4-8(2,3)5-7(6)9/h6-7,9H,4-5H2,1-3H3/t6-,7-/m0/s1. The zero-order valence-electron chi connectivity index (χ0n) is 6.52. The van der Waals surface area contributed by atoms with Crippen LogP contribution >= 0.6 is 0 Å². The van der Waals surface area contributed by atoms with Crippen LogP contribution in [0.5, 0.6) is 0 Å². The summed E-state index contributed by atoms with van der Waals surface area (Å²) in [7, 11) is 0. The van der Waals surface area contributed by atoms with Gasteiger partial charge < -0.3 is 5.11 Å². The molecule has 54 valence electrons. The Labute approximate surface area is 57.1 Å². The minimum Gasteiger partial charge on any atom is -0.393 e. The van der Waals surface area contributed by atoms with E-state index in [4.69, 9.17) is 0 Å². The van der Waals surface area contributed by atoms with Gasteiger partial charge in [0.05, 0.1) is 6.10 Å². The van der Waals surface area contributed by atoms with E-state index in [1.54, 1.807) is 0 Å². The van der Waals surface area contributed by atoms with E-state index in [1.165, 1.54) is 6.42 Å². The third kappa shape index (κ3) is 1.45. The maximum Gasteiger partial charge on any atom is 0.0571 e. The van der Waals surface area contributed by atoms with Crippen LogP contribution in [0.15, 0.2) is 0 Å². The first kappa shape index (κ1) is 7.07. The number of hydrogen-bond acceptors (Lipinski definition) is 1. The zero-order valence-corrected chi connectivity index (χ0v) is 6.52. The average molecular weight is 128 g/mol. The molecule has 0 saturated heterocycles. The van der Waals surface area contributed by atoms with Crippen molar-refractivity contribution in [1.29, 1.82) is 0 Å². The van der Waals surface area contributed by atoms with Gasteiger partial charge in [0.25, 0.3) is 0 Å². The van der Waals surface area contributed by atoms with E-state index in [2.05, 4.69) is 20.8 Å². The first-order valence-corrected chi connectivity index (χ1v) is 3.69. The van der Waals surface area contributed by atoms with Crippen LogP contribution in [-0.4, -0.2) is 11.2 Å². The number of aliphatic hydroxyl groups excluding tert-OH is 1. The van der Waals surface area contributed by atoms with Gasteiger partial charge in [-0.15, -0.1) is 0 Å². The molecule has 1 N–H and O–H groups in total. The molecule has 1 nitrogen and oxygen atoms in total. The van der Waals surface area contributed by atoms with Crippen molar-refractivity contribution in [3.8, 4) is 0 Å². The molecule has 0 aromatic carbocycles. The molecule has 9 heavy (non-hydrogen) atoms. The Morgan fingerprint density at radius 2 is 1.89 bits per heavy atom. The number of rotatable bonds is 0. The smallest absolute Gasteiger partial charge is 0.0571 e. The lowest BCUT2D eigenvalue weighted by atomic mass is 9.91. The lowest BCUT2D eigenvalue weighted by molar-refractivity contribution is 0.135. The van der Waals surface area contributed by atoms with E-state index in [0.29, 0.717) is 11.3 Å². The highest BCUT2D eigenvalue weighted by molar-refractivity contribution is 4.86. The normalized spacial score (nSPS) is 41.3. The second-order valence-electron chi connectivity index (χ2n) is 4.12. The first-order valence-electron chi connectivity index (χ1n) is 3.69. The number of aliphatic hydroxyl groups is 1. The fourth-order valence-corrected chi connectivity index (χ4v) is 1.86. The lowest BCUT2D eigenvalue weighted by Crippen LogP contribution is -2.09. The van der Waals surface area contributed by atoms with E-state index in [9.17, 15) is 5.11 Å². The SMILES string of the molecule is C[C@H]1CC(C)(C)C[C@@H]1O. The fraction of sp³-hybridized carbons (Fsp3) is 1.00. The van der Waals surface area contributed by atoms with Gasteiger partial charge in [-0.1, -0.05) is 20.8 Å². The van der Waals surface area contributed by atoms with Crippen LogP contribution in [0.2, 0.25) is 0 Å². The van der Waals surface area contributed by atoms with Gasteiger partial charge in [-0.2, -0.15) is 0 Å². The summed E-state index contributed by atoms with van der Waals surface area (Å²) in [5.74, 6) is 0.514. The van der Waals surface area contributed by atoms with Gasteiger partial charge in [0.15, 0.2) is 0 Å². The zero-order chi connectivity index (χ0) is 7.07. The van der Waals surface area contributed by atoms with Crippen LogP contribution in [0.25, 0.3) is 0 Å².